The maximum atomic E-state index is 9.82. The van der Waals surface area contributed by atoms with E-state index in [-0.39, 0.29) is 6.61 Å². The molecular weight excluding hydrogens is 182 g/mol. The monoisotopic (exact) mass is 201 g/mol. The second-order valence-electron chi connectivity index (χ2n) is 4.60. The summed E-state index contributed by atoms with van der Waals surface area (Å²) in [6.07, 6.45) is 1.82. The first-order valence-electron chi connectivity index (χ1n) is 5.35. The third kappa shape index (κ3) is 2.25. The smallest absolute Gasteiger partial charge is 0.101 e. The molecular formula is C10H19NO3. The number of ether oxygens (including phenoxy) is 1. The fourth-order valence-electron chi connectivity index (χ4n) is 2.32. The minimum atomic E-state index is -0.848. The van der Waals surface area contributed by atoms with E-state index in [9.17, 15) is 5.11 Å². The van der Waals surface area contributed by atoms with Crippen LogP contribution < -0.4 is 0 Å². The largest absolute Gasteiger partial charge is 0.393 e. The zero-order chi connectivity index (χ0) is 10.0. The molecule has 2 heterocycles. The van der Waals surface area contributed by atoms with E-state index in [1.807, 2.05) is 0 Å². The van der Waals surface area contributed by atoms with E-state index in [0.29, 0.717) is 18.9 Å². The van der Waals surface area contributed by atoms with E-state index in [1.165, 1.54) is 0 Å². The van der Waals surface area contributed by atoms with Crippen molar-refractivity contribution >= 4 is 0 Å². The van der Waals surface area contributed by atoms with E-state index in [0.717, 1.165) is 32.7 Å². The van der Waals surface area contributed by atoms with Gasteiger partial charge in [-0.25, -0.2) is 0 Å². The summed E-state index contributed by atoms with van der Waals surface area (Å²) in [4.78, 5) is 2.23. The van der Waals surface area contributed by atoms with E-state index in [1.54, 1.807) is 0 Å². The average Bonchev–Trinajstić information content (AvgIpc) is 2.78. The molecule has 0 bridgehead atoms. The molecule has 0 spiro atoms. The Morgan fingerprint density at radius 1 is 1.50 bits per heavy atom. The van der Waals surface area contributed by atoms with Crippen LogP contribution in [-0.2, 0) is 4.74 Å². The Morgan fingerprint density at radius 3 is 2.93 bits per heavy atom. The van der Waals surface area contributed by atoms with Gasteiger partial charge in [0.05, 0.1) is 13.2 Å². The maximum Gasteiger partial charge on any atom is 0.101 e. The van der Waals surface area contributed by atoms with Crippen molar-refractivity contribution < 1.29 is 14.9 Å². The van der Waals surface area contributed by atoms with Gasteiger partial charge in [-0.3, -0.25) is 4.90 Å². The van der Waals surface area contributed by atoms with E-state index in [2.05, 4.69) is 4.90 Å². The molecule has 0 aromatic carbocycles. The molecule has 2 unspecified atom stereocenters. The first-order valence-corrected chi connectivity index (χ1v) is 5.35. The SMILES string of the molecule is OCC1(O)CCN(CC2CCOC2)C1. The van der Waals surface area contributed by atoms with Gasteiger partial charge in [0.25, 0.3) is 0 Å². The van der Waals surface area contributed by atoms with Gasteiger partial charge >= 0.3 is 0 Å². The first-order chi connectivity index (χ1) is 6.72. The summed E-state index contributed by atoms with van der Waals surface area (Å²) in [5.41, 5.74) is -0.848. The number of nitrogens with zero attached hydrogens (tertiary/aromatic N) is 1. The van der Waals surface area contributed by atoms with Gasteiger partial charge in [0, 0.05) is 26.2 Å². The third-order valence-corrected chi connectivity index (χ3v) is 3.25. The lowest BCUT2D eigenvalue weighted by Crippen LogP contribution is -2.38. The quantitative estimate of drug-likeness (QED) is 0.643. The van der Waals surface area contributed by atoms with Crippen LogP contribution in [0.15, 0.2) is 0 Å². The van der Waals surface area contributed by atoms with Crippen molar-refractivity contribution in [2.75, 3.05) is 39.5 Å². The van der Waals surface area contributed by atoms with Crippen molar-refractivity contribution in [3.05, 3.63) is 0 Å². The van der Waals surface area contributed by atoms with E-state index in [4.69, 9.17) is 9.84 Å². The van der Waals surface area contributed by atoms with Crippen molar-refractivity contribution in [2.24, 2.45) is 5.92 Å². The minimum absolute atomic E-state index is 0.120. The third-order valence-electron chi connectivity index (χ3n) is 3.25. The molecule has 4 heteroatoms. The van der Waals surface area contributed by atoms with Gasteiger partial charge in [-0.1, -0.05) is 0 Å². The Kier molecular flexibility index (Phi) is 3.07. The van der Waals surface area contributed by atoms with Crippen LogP contribution in [-0.4, -0.2) is 60.2 Å². The van der Waals surface area contributed by atoms with Gasteiger partial charge in [0.2, 0.25) is 0 Å². The lowest BCUT2D eigenvalue weighted by molar-refractivity contribution is -0.00629. The van der Waals surface area contributed by atoms with Gasteiger partial charge in [0.1, 0.15) is 5.60 Å². The van der Waals surface area contributed by atoms with Crippen LogP contribution in [0.2, 0.25) is 0 Å². The maximum absolute atomic E-state index is 9.82. The molecule has 0 amide bonds. The Morgan fingerprint density at radius 2 is 2.36 bits per heavy atom. The van der Waals surface area contributed by atoms with Crippen LogP contribution in [0.3, 0.4) is 0 Å². The number of hydrogen-bond donors (Lipinski definition) is 2. The van der Waals surface area contributed by atoms with Crippen molar-refractivity contribution in [1.29, 1.82) is 0 Å². The van der Waals surface area contributed by atoms with Crippen molar-refractivity contribution in [3.63, 3.8) is 0 Å². The normalized spacial score (nSPS) is 39.4. The predicted molar refractivity (Wildman–Crippen MR) is 52.0 cm³/mol. The highest BCUT2D eigenvalue weighted by Crippen LogP contribution is 2.23. The zero-order valence-corrected chi connectivity index (χ0v) is 8.48. The molecule has 2 atom stereocenters. The molecule has 0 saturated carbocycles. The number of aliphatic hydroxyl groups is 2. The highest BCUT2D eigenvalue weighted by atomic mass is 16.5. The summed E-state index contributed by atoms with van der Waals surface area (Å²) in [6.45, 7) is 4.12. The number of rotatable bonds is 3. The fraction of sp³-hybridized carbons (Fsp3) is 1.00. The van der Waals surface area contributed by atoms with Gasteiger partial charge in [0.15, 0.2) is 0 Å². The molecule has 0 aliphatic carbocycles. The molecule has 0 radical (unpaired) electrons. The molecule has 2 N–H and O–H groups in total. The van der Waals surface area contributed by atoms with Crippen molar-refractivity contribution in [3.8, 4) is 0 Å². The van der Waals surface area contributed by atoms with Crippen LogP contribution in [0.1, 0.15) is 12.8 Å². The Labute approximate surface area is 84.5 Å². The second kappa shape index (κ2) is 4.14. The van der Waals surface area contributed by atoms with Gasteiger partial charge in [-0.2, -0.15) is 0 Å². The van der Waals surface area contributed by atoms with E-state index >= 15 is 0 Å². The van der Waals surface area contributed by atoms with Gasteiger partial charge in [-0.15, -0.1) is 0 Å². The van der Waals surface area contributed by atoms with Crippen molar-refractivity contribution in [1.82, 2.24) is 4.90 Å². The van der Waals surface area contributed by atoms with Crippen LogP contribution in [0, 0.1) is 5.92 Å². The van der Waals surface area contributed by atoms with Crippen LogP contribution >= 0.6 is 0 Å². The van der Waals surface area contributed by atoms with Crippen LogP contribution in [0.25, 0.3) is 0 Å². The molecule has 0 aromatic heterocycles. The van der Waals surface area contributed by atoms with Crippen LogP contribution in [0.4, 0.5) is 0 Å². The molecule has 4 nitrogen and oxygen atoms in total. The summed E-state index contributed by atoms with van der Waals surface area (Å²) in [5, 5.41) is 18.8. The Hall–Kier alpha value is -0.160. The topological polar surface area (TPSA) is 52.9 Å². The highest BCUT2D eigenvalue weighted by molar-refractivity contribution is 4.90. The lowest BCUT2D eigenvalue weighted by atomic mass is 10.1. The predicted octanol–water partition coefficient (Wildman–Crippen LogP) is -0.548. The van der Waals surface area contributed by atoms with Gasteiger partial charge in [-0.05, 0) is 18.8 Å². The van der Waals surface area contributed by atoms with E-state index < -0.39 is 5.60 Å². The number of likely N-dealkylation sites (tertiary alicyclic amines) is 1. The molecule has 2 fully saturated rings. The van der Waals surface area contributed by atoms with Crippen LogP contribution in [0.5, 0.6) is 0 Å². The summed E-state index contributed by atoms with van der Waals surface area (Å²) in [5.74, 6) is 0.621. The summed E-state index contributed by atoms with van der Waals surface area (Å²) in [6, 6.07) is 0. The molecule has 2 aliphatic rings. The average molecular weight is 201 g/mol. The summed E-state index contributed by atoms with van der Waals surface area (Å²) in [7, 11) is 0. The second-order valence-corrected chi connectivity index (χ2v) is 4.60. The van der Waals surface area contributed by atoms with Gasteiger partial charge < -0.3 is 14.9 Å². The molecule has 82 valence electrons. The lowest BCUT2D eigenvalue weighted by Gasteiger charge is -2.22. The fourth-order valence-corrected chi connectivity index (χ4v) is 2.32. The first kappa shape index (κ1) is 10.4. The number of hydrogen-bond acceptors (Lipinski definition) is 4. The molecule has 0 aromatic rings. The molecule has 2 rings (SSSR count). The summed E-state index contributed by atoms with van der Waals surface area (Å²) >= 11 is 0. The minimum Gasteiger partial charge on any atom is -0.393 e. The summed E-state index contributed by atoms with van der Waals surface area (Å²) < 4.78 is 5.31. The highest BCUT2D eigenvalue weighted by Gasteiger charge is 2.36. The Balaban J connectivity index is 1.78. The number of β-amino-alcohol motifs (C(OH)–C–C–N with tert-alkyl or cyclic N) is 1. The molecule has 14 heavy (non-hydrogen) atoms. The molecule has 2 saturated heterocycles. The standard InChI is InChI=1S/C10H19NO3/c12-8-10(13)2-3-11(7-10)5-9-1-4-14-6-9/h9,12-13H,1-8H2. The molecule has 2 aliphatic heterocycles. The Bertz CT molecular complexity index is 194. The number of aliphatic hydroxyl groups excluding tert-OH is 1. The zero-order valence-electron chi connectivity index (χ0n) is 8.48. The van der Waals surface area contributed by atoms with Crippen molar-refractivity contribution in [2.45, 2.75) is 18.4 Å².